The van der Waals surface area contributed by atoms with Crippen molar-refractivity contribution in [3.05, 3.63) is 121 Å². The Morgan fingerprint density at radius 2 is 1.64 bits per heavy atom. The van der Waals surface area contributed by atoms with Gasteiger partial charge in [-0.3, -0.25) is 9.59 Å². The van der Waals surface area contributed by atoms with Crippen molar-refractivity contribution in [2.24, 2.45) is 5.92 Å². The molecule has 0 radical (unpaired) electrons. The van der Waals surface area contributed by atoms with Crippen LogP contribution in [0.4, 0.5) is 4.79 Å². The maximum atomic E-state index is 13.8. The van der Waals surface area contributed by atoms with Gasteiger partial charge in [-0.05, 0) is 72.4 Å². The van der Waals surface area contributed by atoms with Gasteiger partial charge in [-0.1, -0.05) is 78.9 Å². The molecule has 3 amide bonds. The van der Waals surface area contributed by atoms with E-state index in [9.17, 15) is 24.3 Å². The van der Waals surface area contributed by atoms with Crippen molar-refractivity contribution in [3.63, 3.8) is 0 Å². The molecule has 4 N–H and O–H groups in total. The number of carbonyl (C=O) groups is 4. The normalized spacial score (nSPS) is 16.4. The van der Waals surface area contributed by atoms with Crippen LogP contribution in [-0.4, -0.2) is 83.4 Å². The first-order chi connectivity index (χ1) is 26.8. The molecule has 1 aromatic heterocycles. The van der Waals surface area contributed by atoms with Crippen LogP contribution in [0, 0.1) is 5.92 Å². The average Bonchev–Trinajstić information content (AvgIpc) is 3.93. The third-order valence-corrected chi connectivity index (χ3v) is 10.6. The van der Waals surface area contributed by atoms with Gasteiger partial charge in [0.15, 0.2) is 0 Å². The van der Waals surface area contributed by atoms with Gasteiger partial charge in [0.1, 0.15) is 19.3 Å². The zero-order chi connectivity index (χ0) is 38.7. The number of hydrogen-bond acceptors (Lipinski definition) is 7. The van der Waals surface area contributed by atoms with E-state index in [1.165, 1.54) is 0 Å². The molecule has 11 heteroatoms. The fourth-order valence-electron chi connectivity index (χ4n) is 7.80. The molecule has 0 saturated carbocycles. The molecule has 3 aromatic carbocycles. The zero-order valence-electron chi connectivity index (χ0n) is 31.1. The van der Waals surface area contributed by atoms with Crippen LogP contribution in [0.15, 0.2) is 104 Å². The number of hydrogen-bond donors (Lipinski definition) is 4. The zero-order valence-corrected chi connectivity index (χ0v) is 31.1. The number of esters is 1. The molecule has 4 aromatic rings. The highest BCUT2D eigenvalue weighted by Gasteiger charge is 2.33. The Morgan fingerprint density at radius 1 is 0.927 bits per heavy atom. The van der Waals surface area contributed by atoms with Crippen molar-refractivity contribution in [3.8, 4) is 11.1 Å². The third kappa shape index (κ3) is 9.35. The summed E-state index contributed by atoms with van der Waals surface area (Å²) in [7, 11) is 0. The highest BCUT2D eigenvalue weighted by atomic mass is 16.6. The second-order valence-corrected chi connectivity index (χ2v) is 14.3. The number of nitrogens with zero attached hydrogens (tertiary/aromatic N) is 1. The molecule has 2 heterocycles. The lowest BCUT2D eigenvalue weighted by Crippen LogP contribution is -2.47. The van der Waals surface area contributed by atoms with Crippen LogP contribution < -0.4 is 10.6 Å². The number of fused-ring (bicyclic) bond motifs is 4. The third-order valence-electron chi connectivity index (χ3n) is 10.6. The standard InChI is InChI=1S/C44H50N4O7/c1-3-5-20-40(47-44(53)55-28-38-36-18-8-6-16-34(36)35-17-7-9-19-37(35)38)43(52)54-27-31(23-30-25-45-39-21-11-10-15-33(30)39)46-42(51)29(13-4-2)24-41(50)48-22-12-14-32(48)26-49/h3-4,6-11,15-19,21,25,29,31-32,38,40,45,49H,1-2,5,12-14,20,22-24,26-28H2,(H,46,51)(H,47,53)/t29-,31+,32+,40+/m1/s1. The summed E-state index contributed by atoms with van der Waals surface area (Å²) in [4.78, 5) is 58.8. The first kappa shape index (κ1) is 39.0. The number of alkyl carbamates (subject to hydrolysis) is 1. The molecule has 6 rings (SSSR count). The largest absolute Gasteiger partial charge is 0.462 e. The summed E-state index contributed by atoms with van der Waals surface area (Å²) in [6.07, 6.45) is 7.15. The quantitative estimate of drug-likeness (QED) is 0.0702. The van der Waals surface area contributed by atoms with E-state index in [4.69, 9.17) is 9.47 Å². The van der Waals surface area contributed by atoms with Gasteiger partial charge in [0.2, 0.25) is 11.8 Å². The molecular weight excluding hydrogens is 697 g/mol. The molecule has 11 nitrogen and oxygen atoms in total. The van der Waals surface area contributed by atoms with Crippen LogP contribution >= 0.6 is 0 Å². The maximum Gasteiger partial charge on any atom is 0.407 e. The Kier molecular flexibility index (Phi) is 13.2. The summed E-state index contributed by atoms with van der Waals surface area (Å²) in [5.41, 5.74) is 6.21. The van der Waals surface area contributed by atoms with Crippen LogP contribution in [0.5, 0.6) is 0 Å². The van der Waals surface area contributed by atoms with Crippen molar-refractivity contribution in [1.82, 2.24) is 20.5 Å². The number of aliphatic hydroxyl groups is 1. The second-order valence-electron chi connectivity index (χ2n) is 14.3. The number of aromatic nitrogens is 1. The molecule has 1 fully saturated rings. The molecule has 1 saturated heterocycles. The summed E-state index contributed by atoms with van der Waals surface area (Å²) in [6, 6.07) is 22.0. The number of H-pyrrole nitrogens is 1. The Bertz CT molecular complexity index is 1960. The van der Waals surface area contributed by atoms with Gasteiger partial charge in [-0.2, -0.15) is 0 Å². The van der Waals surface area contributed by atoms with Crippen molar-refractivity contribution in [2.45, 2.75) is 69.0 Å². The summed E-state index contributed by atoms with van der Waals surface area (Å²) in [6.45, 7) is 7.91. The van der Waals surface area contributed by atoms with E-state index in [0.29, 0.717) is 19.4 Å². The van der Waals surface area contributed by atoms with Crippen molar-refractivity contribution in [1.29, 1.82) is 0 Å². The Labute approximate surface area is 321 Å². The van der Waals surface area contributed by atoms with Crippen molar-refractivity contribution < 1.29 is 33.8 Å². The summed E-state index contributed by atoms with van der Waals surface area (Å²) >= 11 is 0. The van der Waals surface area contributed by atoms with E-state index >= 15 is 0 Å². The summed E-state index contributed by atoms with van der Waals surface area (Å²) in [5, 5.41) is 16.5. The van der Waals surface area contributed by atoms with Crippen LogP contribution in [0.2, 0.25) is 0 Å². The highest BCUT2D eigenvalue weighted by molar-refractivity contribution is 5.87. The number of nitrogens with one attached hydrogen (secondary N) is 3. The maximum absolute atomic E-state index is 13.8. The molecule has 1 aliphatic carbocycles. The van der Waals surface area contributed by atoms with Crippen LogP contribution in [0.1, 0.15) is 61.1 Å². The number of ether oxygens (including phenoxy) is 2. The number of benzene rings is 3. The van der Waals surface area contributed by atoms with Gasteiger partial charge in [-0.15, -0.1) is 13.2 Å². The fraction of sp³-hybridized carbons (Fsp3) is 0.364. The van der Waals surface area contributed by atoms with Gasteiger partial charge >= 0.3 is 12.1 Å². The minimum Gasteiger partial charge on any atom is -0.462 e. The summed E-state index contributed by atoms with van der Waals surface area (Å²) in [5.74, 6) is -2.08. The minimum atomic E-state index is -1.02. The molecular formula is C44H50N4O7. The molecule has 0 unspecified atom stereocenters. The van der Waals surface area contributed by atoms with Crippen LogP contribution in [0.3, 0.4) is 0 Å². The number of para-hydroxylation sites is 1. The lowest BCUT2D eigenvalue weighted by Gasteiger charge is -2.26. The Hall–Kier alpha value is -5.68. The van der Waals surface area contributed by atoms with E-state index < -0.39 is 30.1 Å². The smallest absolute Gasteiger partial charge is 0.407 e. The van der Waals surface area contributed by atoms with Crippen molar-refractivity contribution in [2.75, 3.05) is 26.4 Å². The molecule has 288 valence electrons. The number of likely N-dealkylation sites (tertiary alicyclic amines) is 1. The monoisotopic (exact) mass is 746 g/mol. The molecule has 0 bridgehead atoms. The second kappa shape index (κ2) is 18.6. The van der Waals surface area contributed by atoms with Gasteiger partial charge in [-0.25, -0.2) is 9.59 Å². The van der Waals surface area contributed by atoms with Gasteiger partial charge in [0, 0.05) is 36.0 Å². The molecule has 4 atom stereocenters. The first-order valence-electron chi connectivity index (χ1n) is 19.1. The fourth-order valence-corrected chi connectivity index (χ4v) is 7.80. The van der Waals surface area contributed by atoms with Crippen LogP contribution in [-0.2, 0) is 30.3 Å². The lowest BCUT2D eigenvalue weighted by molar-refractivity contribution is -0.147. The van der Waals surface area contributed by atoms with E-state index in [0.717, 1.165) is 51.6 Å². The number of allylic oxidation sites excluding steroid dienone is 2. The topological polar surface area (TPSA) is 150 Å². The number of rotatable bonds is 18. The average molecular weight is 747 g/mol. The summed E-state index contributed by atoms with van der Waals surface area (Å²) < 4.78 is 11.6. The SMILES string of the molecule is C=CCC[C@H](NC(=O)OCC1c2ccccc2-c2ccccc21)C(=O)OC[C@H](Cc1c[nH]c2ccccc12)NC(=O)[C@H](CC=C)CC(=O)N1CCC[C@H]1CO. The highest BCUT2D eigenvalue weighted by Crippen LogP contribution is 2.44. The number of aliphatic hydroxyl groups excluding tert-OH is 1. The van der Waals surface area contributed by atoms with Gasteiger partial charge in [0.25, 0.3) is 0 Å². The van der Waals surface area contributed by atoms with Crippen molar-refractivity contribution >= 4 is 34.8 Å². The Balaban J connectivity index is 1.12. The molecule has 1 aliphatic heterocycles. The van der Waals surface area contributed by atoms with E-state index in [2.05, 4.69) is 40.9 Å². The van der Waals surface area contributed by atoms with E-state index in [1.807, 2.05) is 66.9 Å². The molecule has 0 spiro atoms. The predicted molar refractivity (Wildman–Crippen MR) is 211 cm³/mol. The lowest BCUT2D eigenvalue weighted by atomic mass is 9.97. The van der Waals surface area contributed by atoms with Crippen LogP contribution in [0.25, 0.3) is 22.0 Å². The molecule has 2 aliphatic rings. The number of amides is 3. The number of aromatic amines is 1. The predicted octanol–water partition coefficient (Wildman–Crippen LogP) is 6.18. The first-order valence-corrected chi connectivity index (χ1v) is 19.1. The number of carbonyl (C=O) groups excluding carboxylic acids is 4. The van der Waals surface area contributed by atoms with Gasteiger partial charge < -0.3 is 35.1 Å². The van der Waals surface area contributed by atoms with E-state index in [-0.39, 0.29) is 62.9 Å². The van der Waals surface area contributed by atoms with E-state index in [1.54, 1.807) is 17.1 Å². The Morgan fingerprint density at radius 3 is 2.35 bits per heavy atom. The molecule has 55 heavy (non-hydrogen) atoms. The minimum absolute atomic E-state index is 0.0400. The van der Waals surface area contributed by atoms with Gasteiger partial charge in [0.05, 0.1) is 24.6 Å².